The average Bonchev–Trinajstić information content (AvgIpc) is 2.52. The molecule has 0 heterocycles. The minimum Gasteiger partial charge on any atom is -0.0840 e. The Labute approximate surface area is 132 Å². The normalized spacial score (nSPS) is 10.2. The molecule has 1 heteroatoms. The largest absolute Gasteiger partial charge is 0.0840 e. The summed E-state index contributed by atoms with van der Waals surface area (Å²) in [5.41, 5.74) is 3.66. The Kier molecular flexibility index (Phi) is 5.19. The van der Waals surface area contributed by atoms with E-state index >= 15 is 0 Å². The van der Waals surface area contributed by atoms with E-state index in [0.29, 0.717) is 0 Å². The molecule has 0 aliphatic heterocycles. The average molecular weight is 295 g/mol. The van der Waals surface area contributed by atoms with Crippen LogP contribution in [0.1, 0.15) is 30.0 Å². The SMILES string of the molecule is C.Clc1ccccc1C(c1ccccc1)c1ccccc1. The van der Waals surface area contributed by atoms with Crippen molar-refractivity contribution in [2.24, 2.45) is 0 Å². The van der Waals surface area contributed by atoms with Gasteiger partial charge in [0.2, 0.25) is 0 Å². The van der Waals surface area contributed by atoms with E-state index in [4.69, 9.17) is 11.6 Å². The molecule has 0 amide bonds. The molecule has 0 saturated carbocycles. The fourth-order valence-corrected chi connectivity index (χ4v) is 2.80. The zero-order valence-electron chi connectivity index (χ0n) is 11.0. The second kappa shape index (κ2) is 7.10. The molecule has 0 aromatic heterocycles. The number of halogens is 1. The zero-order chi connectivity index (χ0) is 13.8. The first kappa shape index (κ1) is 15.3. The van der Waals surface area contributed by atoms with Crippen LogP contribution in [0.25, 0.3) is 0 Å². The van der Waals surface area contributed by atoms with Crippen LogP contribution < -0.4 is 0 Å². The van der Waals surface area contributed by atoms with Crippen molar-refractivity contribution in [2.45, 2.75) is 13.3 Å². The van der Waals surface area contributed by atoms with Gasteiger partial charge >= 0.3 is 0 Å². The van der Waals surface area contributed by atoms with Crippen molar-refractivity contribution >= 4 is 11.6 Å². The molecule has 0 saturated heterocycles. The maximum atomic E-state index is 6.42. The lowest BCUT2D eigenvalue weighted by atomic mass is 9.85. The van der Waals surface area contributed by atoms with E-state index in [1.165, 1.54) is 11.1 Å². The summed E-state index contributed by atoms with van der Waals surface area (Å²) in [5, 5.41) is 0.810. The van der Waals surface area contributed by atoms with Crippen molar-refractivity contribution in [3.05, 3.63) is 107 Å². The van der Waals surface area contributed by atoms with Crippen LogP contribution in [0.5, 0.6) is 0 Å². The van der Waals surface area contributed by atoms with Crippen LogP contribution in [0.15, 0.2) is 84.9 Å². The monoisotopic (exact) mass is 294 g/mol. The summed E-state index contributed by atoms with van der Waals surface area (Å²) in [7, 11) is 0. The molecule has 21 heavy (non-hydrogen) atoms. The number of benzene rings is 3. The van der Waals surface area contributed by atoms with Gasteiger partial charge in [0.25, 0.3) is 0 Å². The molecule has 3 aromatic carbocycles. The highest BCUT2D eigenvalue weighted by atomic mass is 35.5. The number of hydrogen-bond acceptors (Lipinski definition) is 0. The van der Waals surface area contributed by atoms with Gasteiger partial charge in [-0.1, -0.05) is 97.9 Å². The second-order valence-electron chi connectivity index (χ2n) is 4.78. The molecule has 0 bridgehead atoms. The van der Waals surface area contributed by atoms with E-state index in [0.717, 1.165) is 10.6 Å². The Hall–Kier alpha value is -2.05. The van der Waals surface area contributed by atoms with Crippen LogP contribution in [0.4, 0.5) is 0 Å². The molecule has 0 spiro atoms. The van der Waals surface area contributed by atoms with E-state index < -0.39 is 0 Å². The van der Waals surface area contributed by atoms with Crippen LogP contribution in [-0.2, 0) is 0 Å². The molecule has 3 aromatic rings. The summed E-state index contributed by atoms with van der Waals surface area (Å²) in [6.45, 7) is 0. The molecule has 0 aliphatic carbocycles. The molecule has 0 aliphatic rings. The first-order valence-electron chi connectivity index (χ1n) is 6.70. The lowest BCUT2D eigenvalue weighted by molar-refractivity contribution is 0.978. The fraction of sp³-hybridized carbons (Fsp3) is 0.100. The highest BCUT2D eigenvalue weighted by Gasteiger charge is 2.18. The van der Waals surface area contributed by atoms with Crippen molar-refractivity contribution in [1.29, 1.82) is 0 Å². The van der Waals surface area contributed by atoms with E-state index in [1.807, 2.05) is 30.3 Å². The van der Waals surface area contributed by atoms with Gasteiger partial charge in [-0.3, -0.25) is 0 Å². The van der Waals surface area contributed by atoms with Gasteiger partial charge in [-0.15, -0.1) is 0 Å². The van der Waals surface area contributed by atoms with Gasteiger partial charge in [-0.05, 0) is 22.8 Å². The van der Waals surface area contributed by atoms with Gasteiger partial charge < -0.3 is 0 Å². The summed E-state index contributed by atoms with van der Waals surface area (Å²) in [6, 6.07) is 29.1. The first-order chi connectivity index (χ1) is 9.86. The Balaban J connectivity index is 0.00000161. The van der Waals surface area contributed by atoms with Crippen LogP contribution >= 0.6 is 11.6 Å². The second-order valence-corrected chi connectivity index (χ2v) is 5.18. The molecular weight excluding hydrogens is 276 g/mol. The molecule has 0 N–H and O–H groups in total. The summed E-state index contributed by atoms with van der Waals surface area (Å²) in [4.78, 5) is 0. The van der Waals surface area contributed by atoms with Crippen LogP contribution in [0.2, 0.25) is 5.02 Å². The Morgan fingerprint density at radius 2 is 1.00 bits per heavy atom. The Morgan fingerprint density at radius 3 is 1.48 bits per heavy atom. The van der Waals surface area contributed by atoms with Crippen LogP contribution in [0.3, 0.4) is 0 Å². The highest BCUT2D eigenvalue weighted by molar-refractivity contribution is 6.31. The van der Waals surface area contributed by atoms with E-state index in [2.05, 4.69) is 54.6 Å². The molecule has 0 radical (unpaired) electrons. The van der Waals surface area contributed by atoms with Gasteiger partial charge in [0, 0.05) is 10.9 Å². The van der Waals surface area contributed by atoms with Gasteiger partial charge in [-0.2, -0.15) is 0 Å². The summed E-state index contributed by atoms with van der Waals surface area (Å²) in [5.74, 6) is 0.172. The standard InChI is InChI=1S/C19H15Cl.CH4/c20-18-14-8-7-13-17(18)19(15-9-3-1-4-10-15)16-11-5-2-6-12-16;/h1-14,19H;1H4. The van der Waals surface area contributed by atoms with E-state index in [1.54, 1.807) is 0 Å². The van der Waals surface area contributed by atoms with Crippen molar-refractivity contribution < 1.29 is 0 Å². The molecule has 0 atom stereocenters. The first-order valence-corrected chi connectivity index (χ1v) is 7.08. The lowest BCUT2D eigenvalue weighted by Gasteiger charge is -2.20. The highest BCUT2D eigenvalue weighted by Crippen LogP contribution is 2.35. The molecule has 0 nitrogen and oxygen atoms in total. The van der Waals surface area contributed by atoms with Crippen molar-refractivity contribution in [3.63, 3.8) is 0 Å². The van der Waals surface area contributed by atoms with E-state index in [9.17, 15) is 0 Å². The maximum absolute atomic E-state index is 6.42. The number of rotatable bonds is 3. The quantitative estimate of drug-likeness (QED) is 0.508. The Morgan fingerprint density at radius 1 is 0.571 bits per heavy atom. The van der Waals surface area contributed by atoms with E-state index in [-0.39, 0.29) is 13.3 Å². The van der Waals surface area contributed by atoms with Crippen LogP contribution in [0, 0.1) is 0 Å². The topological polar surface area (TPSA) is 0 Å². The molecule has 0 fully saturated rings. The van der Waals surface area contributed by atoms with Gasteiger partial charge in [-0.25, -0.2) is 0 Å². The predicted octanol–water partition coefficient (Wildman–Crippen LogP) is 6.16. The molecule has 3 rings (SSSR count). The zero-order valence-corrected chi connectivity index (χ0v) is 11.8. The lowest BCUT2D eigenvalue weighted by Crippen LogP contribution is -2.03. The fourth-order valence-electron chi connectivity index (χ4n) is 2.55. The van der Waals surface area contributed by atoms with Crippen molar-refractivity contribution in [3.8, 4) is 0 Å². The molecular formula is C20H19Cl. The van der Waals surface area contributed by atoms with Crippen molar-refractivity contribution in [2.75, 3.05) is 0 Å². The maximum Gasteiger partial charge on any atom is 0.0447 e. The number of hydrogen-bond donors (Lipinski definition) is 0. The third kappa shape index (κ3) is 3.34. The molecule has 0 unspecified atom stereocenters. The summed E-state index contributed by atoms with van der Waals surface area (Å²) < 4.78 is 0. The van der Waals surface area contributed by atoms with Crippen molar-refractivity contribution in [1.82, 2.24) is 0 Å². The summed E-state index contributed by atoms with van der Waals surface area (Å²) in [6.07, 6.45) is 0. The van der Waals surface area contributed by atoms with Crippen LogP contribution in [-0.4, -0.2) is 0 Å². The summed E-state index contributed by atoms with van der Waals surface area (Å²) >= 11 is 6.42. The minimum atomic E-state index is 0. The van der Waals surface area contributed by atoms with Gasteiger partial charge in [0.1, 0.15) is 0 Å². The Bertz CT molecular complexity index is 635. The predicted molar refractivity (Wildman–Crippen MR) is 92.0 cm³/mol. The third-order valence-corrected chi connectivity index (χ3v) is 3.83. The molecule has 106 valence electrons. The smallest absolute Gasteiger partial charge is 0.0447 e. The minimum absolute atomic E-state index is 0. The third-order valence-electron chi connectivity index (χ3n) is 3.48. The van der Waals surface area contributed by atoms with Gasteiger partial charge in [0.05, 0.1) is 0 Å². The van der Waals surface area contributed by atoms with Gasteiger partial charge in [0.15, 0.2) is 0 Å².